The van der Waals surface area contributed by atoms with Crippen molar-refractivity contribution in [1.29, 1.82) is 0 Å². The molecule has 34 heavy (non-hydrogen) atoms. The number of nitrogens with zero attached hydrogens (tertiary/aromatic N) is 5. The van der Waals surface area contributed by atoms with Gasteiger partial charge in [-0.3, -0.25) is 9.62 Å². The van der Waals surface area contributed by atoms with Gasteiger partial charge in [-0.25, -0.2) is 17.6 Å². The molecule has 0 radical (unpaired) electrons. The topological polar surface area (TPSA) is 90.8 Å². The number of benzene rings is 1. The first-order valence-electron chi connectivity index (χ1n) is 11.3. The Bertz CT molecular complexity index is 1140. The van der Waals surface area contributed by atoms with E-state index < -0.39 is 16.2 Å². The second kappa shape index (κ2) is 10.1. The summed E-state index contributed by atoms with van der Waals surface area (Å²) in [5.41, 5.74) is 2.07. The van der Waals surface area contributed by atoms with Crippen molar-refractivity contribution in [2.24, 2.45) is 0 Å². The summed E-state index contributed by atoms with van der Waals surface area (Å²) in [5, 5.41) is 4.71. The van der Waals surface area contributed by atoms with Crippen molar-refractivity contribution in [1.82, 2.24) is 19.6 Å². The molecule has 2 aliphatic heterocycles. The van der Waals surface area contributed by atoms with Gasteiger partial charge in [-0.1, -0.05) is 17.7 Å². The fourth-order valence-electron chi connectivity index (χ4n) is 4.45. The molecule has 186 valence electrons. The zero-order valence-electron chi connectivity index (χ0n) is 19.3. The van der Waals surface area contributed by atoms with E-state index in [0.717, 1.165) is 28.7 Å². The fourth-order valence-corrected chi connectivity index (χ4v) is 5.17. The molecule has 3 heterocycles. The number of hydrogen-bond donors (Lipinski definition) is 1. The number of alkyl halides is 1. The summed E-state index contributed by atoms with van der Waals surface area (Å²) in [5.74, 6) is 0.108. The van der Waals surface area contributed by atoms with E-state index in [9.17, 15) is 17.6 Å². The summed E-state index contributed by atoms with van der Waals surface area (Å²) in [7, 11) is -3.46. The molecule has 12 heteroatoms. The third-order valence-corrected chi connectivity index (χ3v) is 7.17. The molecule has 2 aliphatic rings. The second-order valence-electron chi connectivity index (χ2n) is 9.02. The second-order valence-corrected chi connectivity index (χ2v) is 11.2. The lowest BCUT2D eigenvalue weighted by atomic mass is 10.1. The maximum atomic E-state index is 13.5. The van der Waals surface area contributed by atoms with E-state index in [1.807, 2.05) is 12.1 Å². The van der Waals surface area contributed by atoms with E-state index >= 15 is 0 Å². The van der Waals surface area contributed by atoms with Gasteiger partial charge in [0.15, 0.2) is 5.82 Å². The van der Waals surface area contributed by atoms with Gasteiger partial charge in [0.2, 0.25) is 10.0 Å². The van der Waals surface area contributed by atoms with Crippen molar-refractivity contribution in [3.05, 3.63) is 41.0 Å². The van der Waals surface area contributed by atoms with Crippen LogP contribution in [-0.4, -0.2) is 85.2 Å². The lowest BCUT2D eigenvalue weighted by Gasteiger charge is -2.39. The number of nitrogens with one attached hydrogen (secondary N) is 1. The highest BCUT2D eigenvalue weighted by Crippen LogP contribution is 2.30. The van der Waals surface area contributed by atoms with Crippen molar-refractivity contribution in [3.8, 4) is 0 Å². The minimum Gasteiger partial charge on any atom is -0.370 e. The first-order chi connectivity index (χ1) is 16.1. The molecule has 1 atom stereocenters. The van der Waals surface area contributed by atoms with E-state index in [4.69, 9.17) is 11.6 Å². The number of piperidine rings is 1. The van der Waals surface area contributed by atoms with Crippen molar-refractivity contribution in [3.63, 3.8) is 0 Å². The Balaban J connectivity index is 1.37. The summed E-state index contributed by atoms with van der Waals surface area (Å²) in [4.78, 5) is 19.0. The number of hydrogen-bond acceptors (Lipinski definition) is 6. The van der Waals surface area contributed by atoms with Crippen LogP contribution >= 0.6 is 11.6 Å². The summed E-state index contributed by atoms with van der Waals surface area (Å²) < 4.78 is 39.7. The van der Waals surface area contributed by atoms with Crippen LogP contribution in [0, 0.1) is 0 Å². The van der Waals surface area contributed by atoms with E-state index in [1.165, 1.54) is 12.3 Å². The van der Waals surface area contributed by atoms with E-state index in [0.29, 0.717) is 50.6 Å². The van der Waals surface area contributed by atoms with Crippen LogP contribution in [0.1, 0.15) is 25.3 Å². The first kappa shape index (κ1) is 24.7. The Labute approximate surface area is 204 Å². The zero-order chi connectivity index (χ0) is 24.5. The number of carbonyl (C=O) groups is 1. The number of rotatable bonds is 5. The van der Waals surface area contributed by atoms with E-state index in [-0.39, 0.29) is 17.9 Å². The van der Waals surface area contributed by atoms with Crippen LogP contribution in [0.25, 0.3) is 0 Å². The van der Waals surface area contributed by atoms with Gasteiger partial charge in [-0.2, -0.15) is 4.68 Å². The summed E-state index contributed by atoms with van der Waals surface area (Å²) in [6, 6.07) is 7.27. The maximum Gasteiger partial charge on any atom is 0.344 e. The van der Waals surface area contributed by atoms with Gasteiger partial charge >= 0.3 is 6.03 Å². The third kappa shape index (κ3) is 6.00. The lowest BCUT2D eigenvalue weighted by Crippen LogP contribution is -2.54. The van der Waals surface area contributed by atoms with Crippen LogP contribution in [-0.2, 0) is 16.6 Å². The van der Waals surface area contributed by atoms with Gasteiger partial charge in [0, 0.05) is 57.6 Å². The molecule has 2 saturated heterocycles. The lowest BCUT2D eigenvalue weighted by molar-refractivity contribution is 0.0921. The average Bonchev–Trinajstić information content (AvgIpc) is 3.23. The Morgan fingerprint density at radius 3 is 2.62 bits per heavy atom. The Morgan fingerprint density at radius 2 is 1.94 bits per heavy atom. The molecule has 9 nitrogen and oxygen atoms in total. The zero-order valence-corrected chi connectivity index (χ0v) is 20.9. The molecule has 0 aliphatic carbocycles. The highest BCUT2D eigenvalue weighted by Gasteiger charge is 2.28. The molecule has 1 aromatic carbocycles. The number of aromatic nitrogens is 2. The van der Waals surface area contributed by atoms with E-state index in [1.54, 1.807) is 4.90 Å². The standard InChI is InChI=1S/C22H30ClFN6O3S/c1-16-14-29(22(31)30-10-7-21(25-30)26-34(2,32)33)12-11-28(16)15-17-3-4-19(23)20(13-17)27-8-5-18(24)6-9-27/h3-4,7,10,13,16,18H,5-6,8-9,11-12,14-15H2,1-2H3,(H,25,26)/t16-/m0/s1. The van der Waals surface area contributed by atoms with Gasteiger partial charge in [0.25, 0.3) is 0 Å². The van der Waals surface area contributed by atoms with Crippen LogP contribution < -0.4 is 9.62 Å². The Morgan fingerprint density at radius 1 is 1.21 bits per heavy atom. The molecule has 2 fully saturated rings. The Kier molecular flexibility index (Phi) is 7.34. The molecule has 0 spiro atoms. The Hall–Kier alpha value is -2.37. The average molecular weight is 513 g/mol. The fraction of sp³-hybridized carbons (Fsp3) is 0.545. The highest BCUT2D eigenvalue weighted by molar-refractivity contribution is 7.92. The molecular formula is C22H30ClFN6O3S. The van der Waals surface area contributed by atoms with Crippen molar-refractivity contribution < 1.29 is 17.6 Å². The maximum absolute atomic E-state index is 13.5. The molecule has 0 unspecified atom stereocenters. The smallest absolute Gasteiger partial charge is 0.344 e. The van der Waals surface area contributed by atoms with Gasteiger partial charge in [-0.05, 0) is 37.5 Å². The number of amides is 1. The predicted octanol–water partition coefficient (Wildman–Crippen LogP) is 3.02. The number of anilines is 2. The van der Waals surface area contributed by atoms with Crippen molar-refractivity contribution in [2.45, 2.75) is 38.5 Å². The molecule has 2 aromatic rings. The van der Waals surface area contributed by atoms with Crippen LogP contribution in [0.3, 0.4) is 0 Å². The van der Waals surface area contributed by atoms with E-state index in [2.05, 4.69) is 32.6 Å². The van der Waals surface area contributed by atoms with Crippen molar-refractivity contribution >= 4 is 39.2 Å². The summed E-state index contributed by atoms with van der Waals surface area (Å²) in [6.45, 7) is 5.86. The normalized spacial score (nSPS) is 20.5. The SMILES string of the molecule is C[C@H]1CN(C(=O)n2ccc(NS(C)(=O)=O)n2)CCN1Cc1ccc(Cl)c(N2CCC(F)CC2)c1. The minimum absolute atomic E-state index is 0.108. The first-order valence-corrected chi connectivity index (χ1v) is 13.6. The molecule has 4 rings (SSSR count). The number of piperazine rings is 1. The summed E-state index contributed by atoms with van der Waals surface area (Å²) in [6.07, 6.45) is 2.80. The van der Waals surface area contributed by atoms with Crippen LogP contribution in [0.2, 0.25) is 5.02 Å². The van der Waals surface area contributed by atoms with Crippen molar-refractivity contribution in [2.75, 3.05) is 48.6 Å². The third-order valence-electron chi connectivity index (χ3n) is 6.27. The summed E-state index contributed by atoms with van der Waals surface area (Å²) >= 11 is 6.45. The monoisotopic (exact) mass is 512 g/mol. The molecule has 0 saturated carbocycles. The van der Waals surface area contributed by atoms with Crippen LogP contribution in [0.15, 0.2) is 30.5 Å². The molecule has 0 bridgehead atoms. The molecular weight excluding hydrogens is 483 g/mol. The van der Waals surface area contributed by atoms with Gasteiger partial charge in [0.05, 0.1) is 17.0 Å². The largest absolute Gasteiger partial charge is 0.370 e. The quantitative estimate of drug-likeness (QED) is 0.662. The number of carbonyl (C=O) groups excluding carboxylic acids is 1. The van der Waals surface area contributed by atoms with Gasteiger partial charge in [0.1, 0.15) is 6.17 Å². The number of halogens is 2. The predicted molar refractivity (Wildman–Crippen MR) is 131 cm³/mol. The minimum atomic E-state index is -3.46. The van der Waals surface area contributed by atoms with Crippen LogP contribution in [0.5, 0.6) is 0 Å². The van der Waals surface area contributed by atoms with Gasteiger partial charge in [-0.15, -0.1) is 5.10 Å². The van der Waals surface area contributed by atoms with Crippen LogP contribution in [0.4, 0.5) is 20.7 Å². The highest BCUT2D eigenvalue weighted by atomic mass is 35.5. The molecule has 1 amide bonds. The van der Waals surface area contributed by atoms with Gasteiger partial charge < -0.3 is 9.80 Å². The molecule has 1 N–H and O–H groups in total. The number of sulfonamides is 1. The molecule has 1 aromatic heterocycles.